The molecule has 4 atom stereocenters. The van der Waals surface area contributed by atoms with E-state index in [0.29, 0.717) is 39.1 Å². The van der Waals surface area contributed by atoms with E-state index in [1.54, 1.807) is 0 Å². The summed E-state index contributed by atoms with van der Waals surface area (Å²) in [5, 5.41) is 0. The zero-order valence-electron chi connectivity index (χ0n) is 19.7. The van der Waals surface area contributed by atoms with Gasteiger partial charge in [-0.1, -0.05) is 37.6 Å². The van der Waals surface area contributed by atoms with Crippen molar-refractivity contribution in [2.45, 2.75) is 76.6 Å². The molecule has 0 aliphatic carbocycles. The topological polar surface area (TPSA) is 27.7 Å². The second kappa shape index (κ2) is 11.2. The van der Waals surface area contributed by atoms with Crippen molar-refractivity contribution < 1.29 is 31.8 Å². The minimum Gasteiger partial charge on any atom is -0.378 e. The van der Waals surface area contributed by atoms with Gasteiger partial charge in [0, 0.05) is 29.2 Å². The van der Waals surface area contributed by atoms with Crippen LogP contribution in [0.3, 0.4) is 0 Å². The smallest absolute Gasteiger partial charge is 0.167 e. The van der Waals surface area contributed by atoms with Crippen molar-refractivity contribution in [2.75, 3.05) is 19.8 Å². The van der Waals surface area contributed by atoms with Crippen LogP contribution in [0.15, 0.2) is 24.3 Å². The largest absolute Gasteiger partial charge is 0.378 e. The summed E-state index contributed by atoms with van der Waals surface area (Å²) in [6.45, 7) is 5.15. The highest BCUT2D eigenvalue weighted by Crippen LogP contribution is 2.38. The van der Waals surface area contributed by atoms with E-state index in [-0.39, 0.29) is 40.4 Å². The third-order valence-corrected chi connectivity index (χ3v) is 6.92. The minimum atomic E-state index is -1.21. The van der Waals surface area contributed by atoms with Gasteiger partial charge in [-0.2, -0.15) is 0 Å². The maximum absolute atomic E-state index is 15.0. The van der Waals surface area contributed by atoms with E-state index in [4.69, 9.17) is 14.2 Å². The van der Waals surface area contributed by atoms with E-state index in [9.17, 15) is 4.39 Å². The van der Waals surface area contributed by atoms with E-state index in [2.05, 4.69) is 6.92 Å². The van der Waals surface area contributed by atoms with Crippen molar-refractivity contribution in [3.63, 3.8) is 0 Å². The summed E-state index contributed by atoms with van der Waals surface area (Å²) in [6.07, 6.45) is 4.09. The summed E-state index contributed by atoms with van der Waals surface area (Å²) >= 11 is 0. The highest BCUT2D eigenvalue weighted by Gasteiger charge is 2.30. The van der Waals surface area contributed by atoms with Gasteiger partial charge in [0.15, 0.2) is 23.3 Å². The number of rotatable bonds is 7. The average Bonchev–Trinajstić information content (AvgIpc) is 2.85. The fourth-order valence-electron chi connectivity index (χ4n) is 5.05. The Morgan fingerprint density at radius 3 is 2.00 bits per heavy atom. The first kappa shape index (κ1) is 25.1. The molecule has 2 saturated heterocycles. The van der Waals surface area contributed by atoms with Gasteiger partial charge in [0.05, 0.1) is 31.5 Å². The molecule has 0 aromatic heterocycles. The summed E-state index contributed by atoms with van der Waals surface area (Å²) in [4.78, 5) is 0. The van der Waals surface area contributed by atoms with Gasteiger partial charge in [0.2, 0.25) is 0 Å². The molecule has 2 aromatic carbocycles. The van der Waals surface area contributed by atoms with Crippen molar-refractivity contribution >= 4 is 0 Å². The molecule has 2 aliphatic heterocycles. The normalized spacial score (nSPS) is 25.5. The van der Waals surface area contributed by atoms with Gasteiger partial charge in [0.25, 0.3) is 0 Å². The Bertz CT molecular complexity index is 901. The van der Waals surface area contributed by atoms with Gasteiger partial charge in [-0.25, -0.2) is 17.6 Å². The summed E-state index contributed by atoms with van der Waals surface area (Å²) < 4.78 is 77.0. The van der Waals surface area contributed by atoms with Crippen LogP contribution in [-0.4, -0.2) is 32.0 Å². The molecule has 0 saturated carbocycles. The van der Waals surface area contributed by atoms with E-state index in [1.807, 2.05) is 6.92 Å². The van der Waals surface area contributed by atoms with Gasteiger partial charge in [0.1, 0.15) is 0 Å². The molecule has 3 nitrogen and oxygen atoms in total. The molecule has 2 aromatic rings. The summed E-state index contributed by atoms with van der Waals surface area (Å²) in [7, 11) is 0. The summed E-state index contributed by atoms with van der Waals surface area (Å²) in [5.74, 6) is -4.76. The highest BCUT2D eigenvalue weighted by atomic mass is 19.2. The molecule has 2 fully saturated rings. The Morgan fingerprint density at radius 2 is 1.44 bits per heavy atom. The molecule has 4 rings (SSSR count). The average molecular weight is 481 g/mol. The van der Waals surface area contributed by atoms with E-state index >= 15 is 13.2 Å². The molecule has 34 heavy (non-hydrogen) atoms. The zero-order chi connectivity index (χ0) is 24.2. The van der Waals surface area contributed by atoms with Crippen LogP contribution in [0.1, 0.15) is 75.5 Å². The predicted octanol–water partition coefficient (Wildman–Crippen LogP) is 7.23. The van der Waals surface area contributed by atoms with Gasteiger partial charge in [-0.05, 0) is 44.6 Å². The number of halogens is 4. The van der Waals surface area contributed by atoms with Gasteiger partial charge >= 0.3 is 0 Å². The van der Waals surface area contributed by atoms with E-state index < -0.39 is 29.4 Å². The van der Waals surface area contributed by atoms with Crippen LogP contribution in [0.2, 0.25) is 0 Å². The summed E-state index contributed by atoms with van der Waals surface area (Å²) in [5.41, 5.74) is -0.316. The van der Waals surface area contributed by atoms with Crippen LogP contribution in [0, 0.1) is 23.3 Å². The van der Waals surface area contributed by atoms with E-state index in [0.717, 1.165) is 19.3 Å². The van der Waals surface area contributed by atoms with Crippen LogP contribution < -0.4 is 0 Å². The van der Waals surface area contributed by atoms with Gasteiger partial charge < -0.3 is 14.2 Å². The molecule has 7 heteroatoms. The second-order valence-corrected chi connectivity index (χ2v) is 9.16. The fraction of sp³-hybridized carbons (Fsp3) is 0.556. The van der Waals surface area contributed by atoms with Crippen molar-refractivity contribution in [2.24, 2.45) is 0 Å². The molecular weight excluding hydrogens is 448 g/mol. The third kappa shape index (κ3) is 5.16. The quantitative estimate of drug-likeness (QED) is 0.391. The Labute approximate surface area is 198 Å². The van der Waals surface area contributed by atoms with Crippen LogP contribution in [0.25, 0.3) is 11.1 Å². The lowest BCUT2D eigenvalue weighted by Crippen LogP contribution is -2.28. The molecule has 0 radical (unpaired) electrons. The lowest BCUT2D eigenvalue weighted by molar-refractivity contribution is -0.0850. The fourth-order valence-corrected chi connectivity index (χ4v) is 5.05. The first-order valence-corrected chi connectivity index (χ1v) is 12.2. The third-order valence-electron chi connectivity index (χ3n) is 6.92. The minimum absolute atomic E-state index is 0.0592. The zero-order valence-corrected chi connectivity index (χ0v) is 19.7. The van der Waals surface area contributed by atoms with Crippen LogP contribution in [0.5, 0.6) is 0 Å². The van der Waals surface area contributed by atoms with E-state index in [1.165, 1.54) is 24.3 Å². The monoisotopic (exact) mass is 480 g/mol. The standard InChI is InChI=1S/C27H32F4O3/c1-3-5-17-7-6-16(14-33-17)19-9-10-20(25(29)24(19)28)21-11-12-22(27(31)26(21)30)23-13-8-18(15-34-23)32-4-2/h9-12,16-18,23H,3-8,13-15H2,1-2H3. The Kier molecular flexibility index (Phi) is 8.27. The number of hydrogen-bond donors (Lipinski definition) is 0. The maximum Gasteiger partial charge on any atom is 0.167 e. The highest BCUT2D eigenvalue weighted by molar-refractivity contribution is 5.66. The van der Waals surface area contributed by atoms with Crippen molar-refractivity contribution in [1.82, 2.24) is 0 Å². The lowest BCUT2D eigenvalue weighted by atomic mass is 9.88. The summed E-state index contributed by atoms with van der Waals surface area (Å²) in [6, 6.07) is 5.48. The lowest BCUT2D eigenvalue weighted by Gasteiger charge is -2.30. The SMILES string of the molecule is CCCC1CCC(c2ccc(-c3ccc(C4CCC(OCC)CO4)c(F)c3F)c(F)c2F)CO1. The Morgan fingerprint density at radius 1 is 0.765 bits per heavy atom. The van der Waals surface area contributed by atoms with Gasteiger partial charge in [-0.3, -0.25) is 0 Å². The van der Waals surface area contributed by atoms with Crippen molar-refractivity contribution in [1.29, 1.82) is 0 Å². The number of ether oxygens (including phenoxy) is 3. The molecule has 2 aliphatic rings. The van der Waals surface area contributed by atoms with Crippen LogP contribution in [-0.2, 0) is 14.2 Å². The Balaban J connectivity index is 1.53. The first-order chi connectivity index (χ1) is 16.4. The molecule has 2 heterocycles. The van der Waals surface area contributed by atoms with Gasteiger partial charge in [-0.15, -0.1) is 0 Å². The van der Waals surface area contributed by atoms with Crippen molar-refractivity contribution in [3.05, 3.63) is 58.7 Å². The molecule has 0 bridgehead atoms. The van der Waals surface area contributed by atoms with Crippen molar-refractivity contribution in [3.8, 4) is 11.1 Å². The maximum atomic E-state index is 15.0. The molecule has 0 N–H and O–H groups in total. The molecule has 0 amide bonds. The second-order valence-electron chi connectivity index (χ2n) is 9.16. The first-order valence-electron chi connectivity index (χ1n) is 12.2. The number of hydrogen-bond acceptors (Lipinski definition) is 3. The predicted molar refractivity (Wildman–Crippen MR) is 122 cm³/mol. The molecule has 4 unspecified atom stereocenters. The van der Waals surface area contributed by atoms with Crippen LogP contribution >= 0.6 is 0 Å². The number of benzene rings is 2. The molecular formula is C27H32F4O3. The van der Waals surface area contributed by atoms with Crippen LogP contribution in [0.4, 0.5) is 17.6 Å². The molecule has 186 valence electrons. The molecule has 0 spiro atoms. The Hall–Kier alpha value is -1.96.